The van der Waals surface area contributed by atoms with Gasteiger partial charge < -0.3 is 0 Å². The summed E-state index contributed by atoms with van der Waals surface area (Å²) in [6.07, 6.45) is 1.33. The second-order valence-electron chi connectivity index (χ2n) is 4.14. The van der Waals surface area contributed by atoms with Crippen molar-refractivity contribution in [3.63, 3.8) is 0 Å². The normalized spacial score (nSPS) is 11.6. The summed E-state index contributed by atoms with van der Waals surface area (Å²) in [5.41, 5.74) is 0.933. The Balaban J connectivity index is 2.35. The maximum atomic E-state index is 12.3. The molecule has 1 aromatic carbocycles. The smallest absolute Gasteiger partial charge is 0.265 e. The molecule has 0 fully saturated rings. The van der Waals surface area contributed by atoms with Gasteiger partial charge in [-0.15, -0.1) is 0 Å². The topological polar surface area (TPSA) is 64.0 Å². The van der Waals surface area contributed by atoms with Gasteiger partial charge in [-0.25, -0.2) is 8.42 Å². The quantitative estimate of drug-likeness (QED) is 0.933. The molecule has 0 saturated carbocycles. The molecule has 0 radical (unpaired) electrons. The van der Waals surface area contributed by atoms with Crippen LogP contribution in [0.5, 0.6) is 0 Å². The van der Waals surface area contributed by atoms with Crippen molar-refractivity contribution in [2.75, 3.05) is 4.72 Å². The van der Waals surface area contributed by atoms with Crippen molar-refractivity contribution in [1.82, 2.24) is 9.78 Å². The van der Waals surface area contributed by atoms with Crippen LogP contribution < -0.4 is 4.72 Å². The summed E-state index contributed by atoms with van der Waals surface area (Å²) < 4.78 is 28.7. The first-order valence-electron chi connectivity index (χ1n) is 5.85. The van der Waals surface area contributed by atoms with Gasteiger partial charge in [-0.2, -0.15) is 5.10 Å². The van der Waals surface area contributed by atoms with Gasteiger partial charge in [-0.05, 0) is 32.0 Å². The molecule has 5 nitrogen and oxygen atoms in total. The van der Waals surface area contributed by atoms with Crippen LogP contribution in [-0.2, 0) is 16.6 Å². The van der Waals surface area contributed by atoms with E-state index in [2.05, 4.69) is 9.82 Å². The van der Waals surface area contributed by atoms with Crippen molar-refractivity contribution < 1.29 is 8.42 Å². The van der Waals surface area contributed by atoms with Gasteiger partial charge in [0.2, 0.25) is 0 Å². The molecule has 1 aromatic heterocycles. The van der Waals surface area contributed by atoms with Gasteiger partial charge in [-0.1, -0.05) is 23.2 Å². The van der Waals surface area contributed by atoms with E-state index in [1.54, 1.807) is 17.7 Å². The van der Waals surface area contributed by atoms with Gasteiger partial charge in [0.15, 0.2) is 0 Å². The van der Waals surface area contributed by atoms with Crippen molar-refractivity contribution in [2.45, 2.75) is 25.3 Å². The van der Waals surface area contributed by atoms with E-state index >= 15 is 0 Å². The molecule has 0 aliphatic carbocycles. The third-order valence-corrected chi connectivity index (χ3v) is 5.04. The fraction of sp³-hybridized carbons (Fsp3) is 0.250. The fourth-order valence-electron chi connectivity index (χ4n) is 1.78. The van der Waals surface area contributed by atoms with Crippen LogP contribution in [0, 0.1) is 6.92 Å². The van der Waals surface area contributed by atoms with Gasteiger partial charge in [0.05, 0.1) is 27.6 Å². The van der Waals surface area contributed by atoms with E-state index in [-0.39, 0.29) is 9.92 Å². The number of rotatable bonds is 4. The molecule has 0 unspecified atom stereocenters. The van der Waals surface area contributed by atoms with Gasteiger partial charge in [0.1, 0.15) is 4.90 Å². The number of hydrogen-bond donors (Lipinski definition) is 1. The Morgan fingerprint density at radius 2 is 2.00 bits per heavy atom. The number of halogens is 2. The summed E-state index contributed by atoms with van der Waals surface area (Å²) in [6.45, 7) is 4.21. The monoisotopic (exact) mass is 333 g/mol. The number of aryl methyl sites for hydroxylation is 1. The second-order valence-corrected chi connectivity index (χ2v) is 6.61. The summed E-state index contributed by atoms with van der Waals surface area (Å²) in [4.78, 5) is 0.144. The second kappa shape index (κ2) is 5.63. The Morgan fingerprint density at radius 3 is 2.55 bits per heavy atom. The van der Waals surface area contributed by atoms with Crippen molar-refractivity contribution in [3.05, 3.63) is 40.1 Å². The van der Waals surface area contributed by atoms with E-state index in [9.17, 15) is 8.42 Å². The van der Waals surface area contributed by atoms with Crippen LogP contribution in [0.4, 0.5) is 5.69 Å². The molecule has 0 aliphatic rings. The Bertz CT molecular complexity index is 741. The highest BCUT2D eigenvalue weighted by atomic mass is 35.5. The van der Waals surface area contributed by atoms with Crippen LogP contribution in [0.25, 0.3) is 0 Å². The van der Waals surface area contributed by atoms with Crippen LogP contribution in [0.15, 0.2) is 29.3 Å². The molecule has 0 atom stereocenters. The lowest BCUT2D eigenvalue weighted by atomic mass is 10.3. The standard InChI is InChI=1S/C12H13Cl2N3O2S/c1-3-17-8(2)12(7-15-17)20(18,19)16-9-4-5-10(13)11(14)6-9/h4-7,16H,3H2,1-2H3. The third-order valence-electron chi connectivity index (χ3n) is 2.82. The highest BCUT2D eigenvalue weighted by Gasteiger charge is 2.20. The van der Waals surface area contributed by atoms with E-state index in [4.69, 9.17) is 23.2 Å². The van der Waals surface area contributed by atoms with Crippen molar-refractivity contribution in [3.8, 4) is 0 Å². The molecule has 0 aliphatic heterocycles. The molecule has 1 N–H and O–H groups in total. The number of nitrogens with one attached hydrogen (secondary N) is 1. The van der Waals surface area contributed by atoms with Gasteiger partial charge in [0.25, 0.3) is 10.0 Å². The van der Waals surface area contributed by atoms with Crippen molar-refractivity contribution in [1.29, 1.82) is 0 Å². The molecule has 0 amide bonds. The van der Waals surface area contributed by atoms with Crippen LogP contribution in [0.1, 0.15) is 12.6 Å². The molecule has 2 rings (SSSR count). The maximum absolute atomic E-state index is 12.3. The van der Waals surface area contributed by atoms with Gasteiger partial charge in [0, 0.05) is 6.54 Å². The average molecular weight is 334 g/mol. The number of hydrogen-bond acceptors (Lipinski definition) is 3. The van der Waals surface area contributed by atoms with Crippen LogP contribution >= 0.6 is 23.2 Å². The molecule has 8 heteroatoms. The molecular weight excluding hydrogens is 321 g/mol. The number of nitrogens with zero attached hydrogens (tertiary/aromatic N) is 2. The van der Waals surface area contributed by atoms with E-state index in [0.717, 1.165) is 0 Å². The van der Waals surface area contributed by atoms with Gasteiger partial charge >= 0.3 is 0 Å². The Morgan fingerprint density at radius 1 is 1.30 bits per heavy atom. The molecule has 108 valence electrons. The lowest BCUT2D eigenvalue weighted by molar-refractivity contribution is 0.598. The largest absolute Gasteiger partial charge is 0.279 e. The molecule has 2 aromatic rings. The summed E-state index contributed by atoms with van der Waals surface area (Å²) in [5.74, 6) is 0. The molecule has 0 saturated heterocycles. The van der Waals surface area contributed by atoms with Gasteiger partial charge in [-0.3, -0.25) is 9.40 Å². The highest BCUT2D eigenvalue weighted by molar-refractivity contribution is 7.92. The van der Waals surface area contributed by atoms with E-state index in [1.807, 2.05) is 6.92 Å². The summed E-state index contributed by atoms with van der Waals surface area (Å²) in [6, 6.07) is 4.54. The third kappa shape index (κ3) is 2.92. The summed E-state index contributed by atoms with van der Waals surface area (Å²) in [5, 5.41) is 4.67. The molecular formula is C12H13Cl2N3O2S. The average Bonchev–Trinajstić information content (AvgIpc) is 2.75. The lowest BCUT2D eigenvalue weighted by Crippen LogP contribution is -2.14. The first kappa shape index (κ1) is 15.2. The minimum atomic E-state index is -3.70. The SMILES string of the molecule is CCn1ncc(S(=O)(=O)Nc2ccc(Cl)c(Cl)c2)c1C. The minimum Gasteiger partial charge on any atom is -0.279 e. The van der Waals surface area contributed by atoms with Crippen LogP contribution in [-0.4, -0.2) is 18.2 Å². The van der Waals surface area contributed by atoms with Crippen LogP contribution in [0.3, 0.4) is 0 Å². The zero-order valence-corrected chi connectivity index (χ0v) is 13.2. The van der Waals surface area contributed by atoms with E-state index in [0.29, 0.717) is 22.9 Å². The lowest BCUT2D eigenvalue weighted by Gasteiger charge is -2.08. The maximum Gasteiger partial charge on any atom is 0.265 e. The Kier molecular flexibility index (Phi) is 4.27. The highest BCUT2D eigenvalue weighted by Crippen LogP contribution is 2.27. The zero-order chi connectivity index (χ0) is 14.9. The first-order chi connectivity index (χ1) is 9.35. The van der Waals surface area contributed by atoms with Crippen LogP contribution in [0.2, 0.25) is 10.0 Å². The molecule has 20 heavy (non-hydrogen) atoms. The Labute approximate surface area is 127 Å². The van der Waals surface area contributed by atoms with E-state index < -0.39 is 10.0 Å². The summed E-state index contributed by atoms with van der Waals surface area (Å²) >= 11 is 11.7. The fourth-order valence-corrected chi connectivity index (χ4v) is 3.31. The number of sulfonamides is 1. The zero-order valence-electron chi connectivity index (χ0n) is 10.9. The minimum absolute atomic E-state index is 0.144. The Hall–Kier alpha value is -1.24. The number of aromatic nitrogens is 2. The number of benzene rings is 1. The predicted molar refractivity (Wildman–Crippen MR) is 79.9 cm³/mol. The summed E-state index contributed by atoms with van der Waals surface area (Å²) in [7, 11) is -3.70. The molecule has 0 bridgehead atoms. The van der Waals surface area contributed by atoms with E-state index in [1.165, 1.54) is 18.3 Å². The predicted octanol–water partition coefficient (Wildman–Crippen LogP) is 3.32. The molecule has 1 heterocycles. The first-order valence-corrected chi connectivity index (χ1v) is 8.09. The number of anilines is 1. The van der Waals surface area contributed by atoms with Crippen molar-refractivity contribution >= 4 is 38.9 Å². The van der Waals surface area contributed by atoms with Crippen molar-refractivity contribution in [2.24, 2.45) is 0 Å². The molecule has 0 spiro atoms.